The lowest BCUT2D eigenvalue weighted by atomic mass is 10.0. The molecule has 1 fully saturated rings. The quantitative estimate of drug-likeness (QED) is 0.681. The highest BCUT2D eigenvalue weighted by Crippen LogP contribution is 2.41. The van der Waals surface area contributed by atoms with E-state index in [4.69, 9.17) is 0 Å². The third-order valence-electron chi connectivity index (χ3n) is 3.85. The minimum Gasteiger partial charge on any atom is -0.370 e. The van der Waals surface area contributed by atoms with Crippen molar-refractivity contribution in [2.24, 2.45) is 5.92 Å². The zero-order valence-electron chi connectivity index (χ0n) is 8.88. The Labute approximate surface area is 84.5 Å². The second-order valence-electron chi connectivity index (χ2n) is 4.64. The molecule has 1 N–H and O–H groups in total. The fraction of sp³-hybridized carbons (Fsp3) is 0.727. The Hall–Kier alpha value is -0.990. The fourth-order valence-electron chi connectivity index (χ4n) is 2.89. The molecule has 1 aromatic heterocycles. The van der Waals surface area contributed by atoms with Crippen LogP contribution >= 0.6 is 0 Å². The predicted molar refractivity (Wildman–Crippen MR) is 56.6 cm³/mol. The van der Waals surface area contributed by atoms with Crippen LogP contribution in [0.25, 0.3) is 0 Å². The summed E-state index contributed by atoms with van der Waals surface area (Å²) in [6, 6.07) is 0.679. The number of nitrogens with zero attached hydrogens (tertiary/aromatic N) is 2. The first-order valence-corrected chi connectivity index (χ1v) is 5.57. The molecule has 2 unspecified atom stereocenters. The van der Waals surface area contributed by atoms with Crippen LogP contribution in [0.1, 0.15) is 36.6 Å². The van der Waals surface area contributed by atoms with Crippen molar-refractivity contribution < 1.29 is 0 Å². The van der Waals surface area contributed by atoms with Crippen LogP contribution in [0, 0.1) is 19.8 Å². The van der Waals surface area contributed by atoms with Gasteiger partial charge in [-0.3, -0.25) is 0 Å². The Morgan fingerprint density at radius 1 is 1.36 bits per heavy atom. The van der Waals surface area contributed by atoms with E-state index in [1.54, 1.807) is 0 Å². The zero-order chi connectivity index (χ0) is 9.71. The average molecular weight is 191 g/mol. The van der Waals surface area contributed by atoms with Gasteiger partial charge in [0.1, 0.15) is 5.82 Å². The van der Waals surface area contributed by atoms with Gasteiger partial charge in [-0.25, -0.2) is 4.68 Å². The Bertz CT molecular complexity index is 367. The molecule has 0 saturated heterocycles. The van der Waals surface area contributed by atoms with E-state index in [2.05, 4.69) is 28.9 Å². The van der Waals surface area contributed by atoms with Gasteiger partial charge < -0.3 is 5.32 Å². The monoisotopic (exact) mass is 191 g/mol. The predicted octanol–water partition coefficient (Wildman–Crippen LogP) is 2.27. The highest BCUT2D eigenvalue weighted by molar-refractivity contribution is 5.48. The third kappa shape index (κ3) is 0.954. The van der Waals surface area contributed by atoms with Gasteiger partial charge in [-0.15, -0.1) is 0 Å². The van der Waals surface area contributed by atoms with Gasteiger partial charge in [0.15, 0.2) is 0 Å². The van der Waals surface area contributed by atoms with Crippen molar-refractivity contribution in [1.82, 2.24) is 9.78 Å². The van der Waals surface area contributed by atoms with E-state index in [1.165, 1.54) is 36.3 Å². The van der Waals surface area contributed by atoms with E-state index in [0.29, 0.717) is 6.04 Å². The molecule has 3 heteroatoms. The van der Waals surface area contributed by atoms with E-state index in [9.17, 15) is 0 Å². The molecule has 1 aliphatic heterocycles. The van der Waals surface area contributed by atoms with Gasteiger partial charge in [0, 0.05) is 12.1 Å². The molecule has 14 heavy (non-hydrogen) atoms. The normalized spacial score (nSPS) is 29.6. The van der Waals surface area contributed by atoms with Crippen LogP contribution in [0.5, 0.6) is 0 Å². The molecule has 3 rings (SSSR count). The first-order chi connectivity index (χ1) is 6.77. The molecule has 76 valence electrons. The summed E-state index contributed by atoms with van der Waals surface area (Å²) in [7, 11) is 0. The maximum Gasteiger partial charge on any atom is 0.127 e. The molecule has 0 amide bonds. The van der Waals surface area contributed by atoms with Crippen LogP contribution in [0.2, 0.25) is 0 Å². The molecule has 0 bridgehead atoms. The van der Waals surface area contributed by atoms with Gasteiger partial charge in [-0.05, 0) is 32.6 Å². The smallest absolute Gasteiger partial charge is 0.127 e. The molecule has 1 aliphatic carbocycles. The maximum absolute atomic E-state index is 4.65. The molecule has 2 aliphatic rings. The first kappa shape index (κ1) is 8.33. The van der Waals surface area contributed by atoms with Gasteiger partial charge >= 0.3 is 0 Å². The van der Waals surface area contributed by atoms with Crippen molar-refractivity contribution >= 4 is 5.82 Å². The summed E-state index contributed by atoms with van der Waals surface area (Å²) >= 11 is 0. The molecule has 0 radical (unpaired) electrons. The van der Waals surface area contributed by atoms with E-state index in [-0.39, 0.29) is 0 Å². The van der Waals surface area contributed by atoms with Crippen LogP contribution in [0.15, 0.2) is 0 Å². The van der Waals surface area contributed by atoms with Crippen molar-refractivity contribution in [1.29, 1.82) is 0 Å². The zero-order valence-corrected chi connectivity index (χ0v) is 8.88. The van der Waals surface area contributed by atoms with Crippen LogP contribution in [0.3, 0.4) is 0 Å². The van der Waals surface area contributed by atoms with Gasteiger partial charge in [-0.1, -0.05) is 6.42 Å². The van der Waals surface area contributed by atoms with Crippen molar-refractivity contribution in [2.45, 2.75) is 39.2 Å². The lowest BCUT2D eigenvalue weighted by Crippen LogP contribution is -2.29. The van der Waals surface area contributed by atoms with E-state index in [0.717, 1.165) is 12.5 Å². The second kappa shape index (κ2) is 2.75. The number of hydrogen-bond donors (Lipinski definition) is 1. The largest absolute Gasteiger partial charge is 0.370 e. The molecule has 0 aromatic carbocycles. The van der Waals surface area contributed by atoms with Crippen molar-refractivity contribution in [3.63, 3.8) is 0 Å². The molecular weight excluding hydrogens is 174 g/mol. The maximum atomic E-state index is 4.65. The topological polar surface area (TPSA) is 29.9 Å². The van der Waals surface area contributed by atoms with Gasteiger partial charge in [0.2, 0.25) is 0 Å². The average Bonchev–Trinajstić information content (AvgIpc) is 2.73. The Morgan fingerprint density at radius 3 is 3.07 bits per heavy atom. The van der Waals surface area contributed by atoms with Gasteiger partial charge in [0.25, 0.3) is 0 Å². The van der Waals surface area contributed by atoms with E-state index < -0.39 is 0 Å². The third-order valence-corrected chi connectivity index (χ3v) is 3.85. The summed E-state index contributed by atoms with van der Waals surface area (Å²) in [6.07, 6.45) is 4.06. The number of fused-ring (bicyclic) bond motifs is 3. The summed E-state index contributed by atoms with van der Waals surface area (Å²) in [5.41, 5.74) is 2.51. The standard InChI is InChI=1S/C11H17N3/c1-7-8(2)13-14-10-5-3-4-9(10)6-12-11(7)14/h9-10,12H,3-6H2,1-2H3. The van der Waals surface area contributed by atoms with Crippen molar-refractivity contribution in [3.05, 3.63) is 11.3 Å². The number of aromatic nitrogens is 2. The molecule has 2 heterocycles. The SMILES string of the molecule is Cc1nn2c(c1C)NCC1CCCC12. The van der Waals surface area contributed by atoms with Crippen LogP contribution < -0.4 is 5.32 Å². The second-order valence-corrected chi connectivity index (χ2v) is 4.64. The Morgan fingerprint density at radius 2 is 2.21 bits per heavy atom. The molecule has 1 saturated carbocycles. The van der Waals surface area contributed by atoms with Crippen molar-refractivity contribution in [2.75, 3.05) is 11.9 Å². The van der Waals surface area contributed by atoms with Gasteiger partial charge in [-0.2, -0.15) is 5.10 Å². The summed E-state index contributed by atoms with van der Waals surface area (Å²) in [6.45, 7) is 5.42. The number of hydrogen-bond acceptors (Lipinski definition) is 2. The van der Waals surface area contributed by atoms with E-state index >= 15 is 0 Å². The number of aryl methyl sites for hydroxylation is 1. The number of anilines is 1. The minimum atomic E-state index is 0.679. The minimum absolute atomic E-state index is 0.679. The lowest BCUT2D eigenvalue weighted by Gasteiger charge is -2.28. The first-order valence-electron chi connectivity index (χ1n) is 5.57. The molecular formula is C11H17N3. The summed E-state index contributed by atoms with van der Waals surface area (Å²) < 4.78 is 2.24. The van der Waals surface area contributed by atoms with Crippen LogP contribution in [-0.2, 0) is 0 Å². The Balaban J connectivity index is 2.09. The van der Waals surface area contributed by atoms with Crippen molar-refractivity contribution in [3.8, 4) is 0 Å². The summed E-state index contributed by atoms with van der Waals surface area (Å²) in [4.78, 5) is 0. The van der Waals surface area contributed by atoms with E-state index in [1.807, 2.05) is 0 Å². The molecule has 1 aromatic rings. The summed E-state index contributed by atoms with van der Waals surface area (Å²) in [5.74, 6) is 2.09. The molecule has 3 nitrogen and oxygen atoms in total. The fourth-order valence-corrected chi connectivity index (χ4v) is 2.89. The Kier molecular flexibility index (Phi) is 1.64. The molecule has 0 spiro atoms. The lowest BCUT2D eigenvalue weighted by molar-refractivity contribution is 0.346. The van der Waals surface area contributed by atoms with Crippen LogP contribution in [0.4, 0.5) is 5.82 Å². The van der Waals surface area contributed by atoms with Gasteiger partial charge in [0.05, 0.1) is 11.7 Å². The highest BCUT2D eigenvalue weighted by Gasteiger charge is 2.34. The highest BCUT2D eigenvalue weighted by atomic mass is 15.4. The number of nitrogens with one attached hydrogen (secondary N) is 1. The number of rotatable bonds is 0. The molecule has 2 atom stereocenters. The van der Waals surface area contributed by atoms with Crippen LogP contribution in [-0.4, -0.2) is 16.3 Å². The summed E-state index contributed by atoms with van der Waals surface area (Å²) in [5, 5.41) is 8.17.